The number of carbonyl (C=O) groups excluding carboxylic acids is 1. The van der Waals surface area contributed by atoms with E-state index in [2.05, 4.69) is 0 Å². The number of rotatable bonds is 2. The summed E-state index contributed by atoms with van der Waals surface area (Å²) in [6.45, 7) is 1.51. The lowest BCUT2D eigenvalue weighted by Gasteiger charge is -2.34. The second-order valence-electron chi connectivity index (χ2n) is 6.57. The maximum atomic E-state index is 12.8. The molecule has 2 saturated heterocycles. The highest BCUT2D eigenvalue weighted by atomic mass is 16.6. The summed E-state index contributed by atoms with van der Waals surface area (Å²) >= 11 is 0. The Kier molecular flexibility index (Phi) is 3.60. The molecule has 4 rings (SSSR count). The molecule has 0 radical (unpaired) electrons. The lowest BCUT2D eigenvalue weighted by Crippen LogP contribution is -2.47. The first-order valence-electron chi connectivity index (χ1n) is 8.08. The van der Waals surface area contributed by atoms with Crippen LogP contribution in [0.1, 0.15) is 6.42 Å². The maximum Gasteiger partial charge on any atom is 0.311 e. The van der Waals surface area contributed by atoms with Gasteiger partial charge in [-0.2, -0.15) is 0 Å². The molecule has 1 aromatic rings. The van der Waals surface area contributed by atoms with Gasteiger partial charge in [-0.1, -0.05) is 12.1 Å². The second-order valence-corrected chi connectivity index (χ2v) is 6.57. The van der Waals surface area contributed by atoms with E-state index in [9.17, 15) is 14.7 Å². The minimum Gasteiger partial charge on any atom is -0.485 e. The number of benzene rings is 1. The van der Waals surface area contributed by atoms with Crippen molar-refractivity contribution in [2.24, 2.45) is 11.3 Å². The van der Waals surface area contributed by atoms with Crippen molar-refractivity contribution in [3.63, 3.8) is 0 Å². The summed E-state index contributed by atoms with van der Waals surface area (Å²) in [6, 6.07) is 7.20. The smallest absolute Gasteiger partial charge is 0.311 e. The lowest BCUT2D eigenvalue weighted by atomic mass is 9.74. The summed E-state index contributed by atoms with van der Waals surface area (Å²) in [4.78, 5) is 26.2. The van der Waals surface area contributed by atoms with Crippen molar-refractivity contribution in [1.29, 1.82) is 0 Å². The number of aliphatic carboxylic acids is 1. The lowest BCUT2D eigenvalue weighted by molar-refractivity contribution is -0.157. The number of carboxylic acid groups (broad SMARTS) is 1. The average molecular weight is 333 g/mol. The number of nitrogens with zero attached hydrogens (tertiary/aromatic N) is 1. The van der Waals surface area contributed by atoms with Crippen LogP contribution in [0.3, 0.4) is 0 Å². The van der Waals surface area contributed by atoms with Gasteiger partial charge in [0.1, 0.15) is 6.61 Å². The van der Waals surface area contributed by atoms with Crippen molar-refractivity contribution in [1.82, 2.24) is 4.90 Å². The van der Waals surface area contributed by atoms with Gasteiger partial charge in [-0.05, 0) is 18.6 Å². The first-order chi connectivity index (χ1) is 11.6. The molecule has 3 aliphatic heterocycles. The molecule has 0 spiro atoms. The molecular weight excluding hydrogens is 314 g/mol. The Labute approximate surface area is 139 Å². The topological polar surface area (TPSA) is 85.3 Å². The van der Waals surface area contributed by atoms with Crippen molar-refractivity contribution >= 4 is 11.9 Å². The Morgan fingerprint density at radius 3 is 2.75 bits per heavy atom. The summed E-state index contributed by atoms with van der Waals surface area (Å²) in [5, 5.41) is 9.69. The van der Waals surface area contributed by atoms with Crippen molar-refractivity contribution in [2.75, 3.05) is 32.9 Å². The number of carboxylic acids is 1. The second kappa shape index (κ2) is 5.66. The number of ether oxygens (including phenoxy) is 3. The van der Waals surface area contributed by atoms with Gasteiger partial charge in [-0.15, -0.1) is 0 Å². The number of likely N-dealkylation sites (tertiary alicyclic amines) is 1. The average Bonchev–Trinajstić information content (AvgIpc) is 3.02. The molecular formula is C17H19NO6. The maximum absolute atomic E-state index is 12.8. The number of fused-ring (bicyclic) bond motifs is 2. The first-order valence-corrected chi connectivity index (χ1v) is 8.08. The molecule has 7 heteroatoms. The van der Waals surface area contributed by atoms with E-state index in [-0.39, 0.29) is 25.0 Å². The summed E-state index contributed by atoms with van der Waals surface area (Å²) in [7, 11) is 0. The first kappa shape index (κ1) is 15.3. The molecule has 0 aromatic heterocycles. The fourth-order valence-corrected chi connectivity index (χ4v) is 3.81. The molecule has 1 aromatic carbocycles. The predicted octanol–water partition coefficient (Wildman–Crippen LogP) is 0.776. The molecule has 1 unspecified atom stereocenters. The van der Waals surface area contributed by atoms with Crippen molar-refractivity contribution in [3.8, 4) is 11.5 Å². The third kappa shape index (κ3) is 2.31. The third-order valence-corrected chi connectivity index (χ3v) is 5.23. The molecule has 1 N–H and O–H groups in total. The van der Waals surface area contributed by atoms with Crippen LogP contribution in [0.25, 0.3) is 0 Å². The number of hydrogen-bond acceptors (Lipinski definition) is 5. The molecule has 3 aliphatic rings. The van der Waals surface area contributed by atoms with Crippen LogP contribution in [-0.4, -0.2) is 60.9 Å². The van der Waals surface area contributed by atoms with E-state index in [0.29, 0.717) is 37.7 Å². The van der Waals surface area contributed by atoms with Gasteiger partial charge >= 0.3 is 5.97 Å². The molecule has 0 saturated carbocycles. The quantitative estimate of drug-likeness (QED) is 0.861. The fraction of sp³-hybridized carbons (Fsp3) is 0.529. The number of para-hydroxylation sites is 2. The van der Waals surface area contributed by atoms with Crippen LogP contribution < -0.4 is 9.47 Å². The molecule has 0 bridgehead atoms. The number of carbonyl (C=O) groups is 2. The summed E-state index contributed by atoms with van der Waals surface area (Å²) < 4.78 is 16.8. The molecule has 7 nitrogen and oxygen atoms in total. The standard InChI is InChI=1S/C17H19NO6/c19-15(14-9-23-12-3-1-2-4-13(12)24-14)18-7-11-8-22-6-5-17(11,10-18)16(20)21/h1-4,11,14H,5-10H2,(H,20,21)/t11-,14?,17+/m0/s1. The van der Waals surface area contributed by atoms with E-state index in [1.54, 1.807) is 17.0 Å². The molecule has 2 fully saturated rings. The van der Waals surface area contributed by atoms with Gasteiger partial charge in [-0.3, -0.25) is 9.59 Å². The normalized spacial score (nSPS) is 31.4. The zero-order valence-corrected chi connectivity index (χ0v) is 13.1. The molecule has 128 valence electrons. The van der Waals surface area contributed by atoms with Crippen molar-refractivity contribution in [2.45, 2.75) is 12.5 Å². The Morgan fingerprint density at radius 1 is 1.21 bits per heavy atom. The van der Waals surface area contributed by atoms with E-state index >= 15 is 0 Å². The van der Waals surface area contributed by atoms with Gasteiger partial charge in [0.2, 0.25) is 6.10 Å². The monoisotopic (exact) mass is 333 g/mol. The van der Waals surface area contributed by atoms with Gasteiger partial charge in [0.15, 0.2) is 11.5 Å². The van der Waals surface area contributed by atoms with E-state index in [1.807, 2.05) is 12.1 Å². The summed E-state index contributed by atoms with van der Waals surface area (Å²) in [5.41, 5.74) is -0.901. The fourth-order valence-electron chi connectivity index (χ4n) is 3.81. The third-order valence-electron chi connectivity index (χ3n) is 5.23. The van der Waals surface area contributed by atoms with Gasteiger partial charge in [0, 0.05) is 25.6 Å². The number of hydrogen-bond donors (Lipinski definition) is 1. The highest BCUT2D eigenvalue weighted by molar-refractivity contribution is 5.84. The van der Waals surface area contributed by atoms with Crippen LogP contribution in [0.5, 0.6) is 11.5 Å². The predicted molar refractivity (Wildman–Crippen MR) is 81.9 cm³/mol. The van der Waals surface area contributed by atoms with Crippen LogP contribution in [0.2, 0.25) is 0 Å². The summed E-state index contributed by atoms with van der Waals surface area (Å²) in [5.74, 6) is -0.0941. The minimum atomic E-state index is -0.901. The molecule has 0 aliphatic carbocycles. The van der Waals surface area contributed by atoms with E-state index < -0.39 is 17.5 Å². The van der Waals surface area contributed by atoms with Crippen LogP contribution >= 0.6 is 0 Å². The van der Waals surface area contributed by atoms with Gasteiger partial charge < -0.3 is 24.2 Å². The number of amides is 1. The molecule has 1 amide bonds. The van der Waals surface area contributed by atoms with Crippen LogP contribution in [0, 0.1) is 11.3 Å². The zero-order valence-electron chi connectivity index (χ0n) is 13.1. The Balaban J connectivity index is 1.51. The molecule has 24 heavy (non-hydrogen) atoms. The highest BCUT2D eigenvalue weighted by Gasteiger charge is 2.55. The summed E-state index contributed by atoms with van der Waals surface area (Å²) in [6.07, 6.45) is -0.312. The SMILES string of the molecule is O=C(C1COc2ccccc2O1)N1C[C@H]2COCC[C@@]2(C(=O)O)C1. The zero-order chi connectivity index (χ0) is 16.7. The highest BCUT2D eigenvalue weighted by Crippen LogP contribution is 2.43. The van der Waals surface area contributed by atoms with Gasteiger partial charge in [0.05, 0.1) is 12.0 Å². The van der Waals surface area contributed by atoms with E-state index in [0.717, 1.165) is 0 Å². The molecule has 3 heterocycles. The Hall–Kier alpha value is -2.28. The van der Waals surface area contributed by atoms with Crippen molar-refractivity contribution in [3.05, 3.63) is 24.3 Å². The van der Waals surface area contributed by atoms with Crippen LogP contribution in [-0.2, 0) is 14.3 Å². The molecule has 3 atom stereocenters. The largest absolute Gasteiger partial charge is 0.485 e. The van der Waals surface area contributed by atoms with E-state index in [1.165, 1.54) is 0 Å². The Morgan fingerprint density at radius 2 is 2.00 bits per heavy atom. The van der Waals surface area contributed by atoms with Crippen LogP contribution in [0.4, 0.5) is 0 Å². The van der Waals surface area contributed by atoms with Gasteiger partial charge in [0.25, 0.3) is 5.91 Å². The van der Waals surface area contributed by atoms with Gasteiger partial charge in [-0.25, -0.2) is 0 Å². The van der Waals surface area contributed by atoms with E-state index in [4.69, 9.17) is 14.2 Å². The van der Waals surface area contributed by atoms with Crippen LogP contribution in [0.15, 0.2) is 24.3 Å². The Bertz CT molecular complexity index is 677. The minimum absolute atomic E-state index is 0.133. The van der Waals surface area contributed by atoms with Crippen molar-refractivity contribution < 1.29 is 28.9 Å².